The Labute approximate surface area is 330 Å². The highest BCUT2D eigenvalue weighted by atomic mass is 32.2. The maximum Gasteiger partial charge on any atom is 0.245 e. The summed E-state index contributed by atoms with van der Waals surface area (Å²) < 4.78 is 0. The molecule has 7 amide bonds. The highest BCUT2D eigenvalue weighted by Crippen LogP contribution is 2.22. The summed E-state index contributed by atoms with van der Waals surface area (Å²) in [5.74, 6) is -3.90. The van der Waals surface area contributed by atoms with E-state index in [2.05, 4.69) is 31.6 Å². The van der Waals surface area contributed by atoms with Gasteiger partial charge in [-0.3, -0.25) is 33.6 Å². The normalized spacial score (nSPS) is 24.2. The fourth-order valence-electron chi connectivity index (χ4n) is 7.17. The van der Waals surface area contributed by atoms with Crippen LogP contribution in [0.25, 0.3) is 10.9 Å². The first-order chi connectivity index (χ1) is 26.8. The van der Waals surface area contributed by atoms with E-state index in [0.29, 0.717) is 17.7 Å². The second-order valence-corrected chi connectivity index (χ2v) is 15.8. The molecule has 6 atom stereocenters. The number of fused-ring (bicyclic) bond motifs is 3. The van der Waals surface area contributed by atoms with E-state index in [1.807, 2.05) is 62.6 Å². The third-order valence-electron chi connectivity index (χ3n) is 10.1. The monoisotopic (exact) mass is 788 g/mol. The van der Waals surface area contributed by atoms with Gasteiger partial charge in [-0.2, -0.15) is 11.8 Å². The number of amides is 7. The van der Waals surface area contributed by atoms with Crippen LogP contribution in [0, 0.1) is 5.92 Å². The lowest BCUT2D eigenvalue weighted by Gasteiger charge is -2.31. The number of carbonyl (C=O) groups excluding carboxylic acids is 7. The molecule has 3 aromatic rings. The molecular formula is C40H52N8O7S. The quantitative estimate of drug-likeness (QED) is 0.140. The van der Waals surface area contributed by atoms with E-state index in [0.717, 1.165) is 16.5 Å². The van der Waals surface area contributed by atoms with Crippen molar-refractivity contribution in [3.63, 3.8) is 0 Å². The number of hydrogen-bond acceptors (Lipinski definition) is 8. The van der Waals surface area contributed by atoms with Crippen LogP contribution >= 0.6 is 11.8 Å². The molecule has 2 bridgehead atoms. The van der Waals surface area contributed by atoms with Crippen LogP contribution in [0.5, 0.6) is 0 Å². The minimum Gasteiger partial charge on any atom is -0.370 e. The van der Waals surface area contributed by atoms with E-state index in [1.165, 1.54) is 16.7 Å². The first kappa shape index (κ1) is 41.8. The zero-order valence-corrected chi connectivity index (χ0v) is 32.8. The topological polar surface area (TPSA) is 225 Å². The largest absolute Gasteiger partial charge is 0.370 e. The van der Waals surface area contributed by atoms with E-state index >= 15 is 0 Å². The number of hydrogen-bond donors (Lipinski definition) is 7. The molecule has 2 aromatic carbocycles. The first-order valence-corrected chi connectivity index (χ1v) is 20.4. The van der Waals surface area contributed by atoms with Crippen molar-refractivity contribution in [2.75, 3.05) is 18.6 Å². The van der Waals surface area contributed by atoms with Crippen LogP contribution in [-0.4, -0.2) is 106 Å². The fourth-order valence-corrected chi connectivity index (χ4v) is 7.64. The molecule has 2 fully saturated rings. The van der Waals surface area contributed by atoms with Crippen LogP contribution in [0.3, 0.4) is 0 Å². The summed E-state index contributed by atoms with van der Waals surface area (Å²) in [7, 11) is 0. The number of aromatic nitrogens is 1. The third-order valence-corrected chi connectivity index (χ3v) is 10.8. The average Bonchev–Trinajstić information content (AvgIpc) is 3.75. The van der Waals surface area contributed by atoms with Crippen molar-refractivity contribution in [2.24, 2.45) is 11.7 Å². The molecule has 0 aliphatic carbocycles. The molecule has 2 aliphatic heterocycles. The molecule has 0 radical (unpaired) electrons. The van der Waals surface area contributed by atoms with Gasteiger partial charge in [-0.1, -0.05) is 62.4 Å². The lowest BCUT2D eigenvalue weighted by atomic mass is 10.00. The van der Waals surface area contributed by atoms with Crippen molar-refractivity contribution in [1.29, 1.82) is 0 Å². The van der Waals surface area contributed by atoms with Crippen LogP contribution < -0.4 is 32.3 Å². The predicted molar refractivity (Wildman–Crippen MR) is 213 cm³/mol. The molecule has 56 heavy (non-hydrogen) atoms. The molecule has 1 aromatic heterocycles. The highest BCUT2D eigenvalue weighted by molar-refractivity contribution is 7.98. The van der Waals surface area contributed by atoms with Crippen molar-refractivity contribution in [1.82, 2.24) is 36.5 Å². The summed E-state index contributed by atoms with van der Waals surface area (Å²) in [5, 5.41) is 14.8. The number of H-pyrrole nitrogens is 1. The first-order valence-electron chi connectivity index (χ1n) is 19.0. The summed E-state index contributed by atoms with van der Waals surface area (Å²) in [4.78, 5) is 101. The van der Waals surface area contributed by atoms with E-state index in [1.54, 1.807) is 18.3 Å². The lowest BCUT2D eigenvalue weighted by molar-refractivity contribution is -0.141. The number of benzene rings is 2. The Morgan fingerprint density at radius 1 is 0.768 bits per heavy atom. The highest BCUT2D eigenvalue weighted by Gasteiger charge is 2.42. The lowest BCUT2D eigenvalue weighted by Crippen LogP contribution is -2.61. The zero-order chi connectivity index (χ0) is 40.4. The maximum absolute atomic E-state index is 14.4. The summed E-state index contributed by atoms with van der Waals surface area (Å²) in [5.41, 5.74) is 7.73. The number of thioether (sulfide) groups is 1. The van der Waals surface area contributed by atoms with Gasteiger partial charge in [-0.05, 0) is 60.8 Å². The van der Waals surface area contributed by atoms with Crippen LogP contribution in [0.2, 0.25) is 0 Å². The molecular weight excluding hydrogens is 737 g/mol. The number of nitrogens with zero attached hydrogens (tertiary/aromatic N) is 1. The number of aromatic amines is 1. The molecule has 5 rings (SSSR count). The summed E-state index contributed by atoms with van der Waals surface area (Å²) >= 11 is 1.46. The maximum atomic E-state index is 14.4. The smallest absolute Gasteiger partial charge is 0.245 e. The number of primary amides is 1. The molecule has 2 aliphatic rings. The molecule has 0 spiro atoms. The van der Waals surface area contributed by atoms with E-state index in [4.69, 9.17) is 5.73 Å². The van der Waals surface area contributed by atoms with Crippen molar-refractivity contribution in [3.05, 3.63) is 71.9 Å². The van der Waals surface area contributed by atoms with E-state index < -0.39 is 77.6 Å². The number of nitrogens with two attached hydrogens (primary N) is 1. The van der Waals surface area contributed by atoms with Gasteiger partial charge in [0.15, 0.2) is 0 Å². The fraction of sp³-hybridized carbons (Fsp3) is 0.475. The SMILES string of the molecule is CSCCC1NC(=O)C(CC(C)C)N2CCC(NC(=O)C(Cc3ccccc3)NC(=O)C(Cc3c[nH]c4ccccc34)NC(=O)C(CCC(N)=O)NC1=O)C2=O. The Bertz CT molecular complexity index is 1900. The van der Waals surface area contributed by atoms with Crippen molar-refractivity contribution >= 4 is 64.0 Å². The molecule has 8 N–H and O–H groups in total. The molecule has 3 heterocycles. The van der Waals surface area contributed by atoms with Gasteiger partial charge in [-0.15, -0.1) is 0 Å². The van der Waals surface area contributed by atoms with Gasteiger partial charge in [0.25, 0.3) is 0 Å². The number of rotatable bonds is 12. The molecule has 2 saturated heterocycles. The Hall–Kier alpha value is -5.38. The van der Waals surface area contributed by atoms with E-state index in [-0.39, 0.29) is 51.0 Å². The number of nitrogens with one attached hydrogen (secondary N) is 6. The van der Waals surface area contributed by atoms with Gasteiger partial charge in [-0.25, -0.2) is 0 Å². The Morgan fingerprint density at radius 2 is 1.36 bits per heavy atom. The van der Waals surface area contributed by atoms with Gasteiger partial charge in [0, 0.05) is 42.9 Å². The predicted octanol–water partition coefficient (Wildman–Crippen LogP) is 1.06. The summed E-state index contributed by atoms with van der Waals surface area (Å²) in [6.07, 6.45) is 3.95. The number of para-hydroxylation sites is 1. The zero-order valence-electron chi connectivity index (χ0n) is 32.0. The van der Waals surface area contributed by atoms with Gasteiger partial charge >= 0.3 is 0 Å². The number of carbonyl (C=O) groups is 7. The standard InChI is InChI=1S/C40H52N8O7S/c1-23(2)19-33-39(54)44-29(16-18-56-3)36(51)43-28(13-14-34(41)49)35(50)47-32(21-25-22-42-27-12-8-7-11-26(25)27)38(53)46-31(20-24-9-5-4-6-10-24)37(52)45-30-15-17-48(33)40(30)55/h4-12,22-23,28-33,42H,13-21H2,1-3H3,(H2,41,49)(H,43,51)(H,44,54)(H,45,52)(H,46,53)(H,47,50). The molecule has 16 heteroatoms. The summed E-state index contributed by atoms with van der Waals surface area (Å²) in [6.45, 7) is 4.02. The van der Waals surface area contributed by atoms with Gasteiger partial charge in [0.2, 0.25) is 41.4 Å². The third kappa shape index (κ3) is 10.9. The average molecular weight is 789 g/mol. The van der Waals surface area contributed by atoms with Gasteiger partial charge < -0.3 is 42.2 Å². The van der Waals surface area contributed by atoms with E-state index in [9.17, 15) is 33.6 Å². The van der Waals surface area contributed by atoms with Crippen molar-refractivity contribution in [3.8, 4) is 0 Å². The minimum atomic E-state index is -1.32. The minimum absolute atomic E-state index is 0.00252. The van der Waals surface area contributed by atoms with Crippen LogP contribution in [0.1, 0.15) is 57.1 Å². The van der Waals surface area contributed by atoms with Gasteiger partial charge in [0.1, 0.15) is 36.3 Å². The van der Waals surface area contributed by atoms with Crippen LogP contribution in [0.4, 0.5) is 0 Å². The van der Waals surface area contributed by atoms with Crippen molar-refractivity contribution < 1.29 is 33.6 Å². The Morgan fingerprint density at radius 3 is 2.04 bits per heavy atom. The second kappa shape index (κ2) is 19.5. The molecule has 300 valence electrons. The second-order valence-electron chi connectivity index (χ2n) is 14.8. The molecule has 15 nitrogen and oxygen atoms in total. The van der Waals surface area contributed by atoms with Crippen molar-refractivity contribution in [2.45, 2.75) is 95.0 Å². The molecule has 6 unspecified atom stereocenters. The Kier molecular flexibility index (Phi) is 14.5. The van der Waals surface area contributed by atoms with Crippen LogP contribution in [-0.2, 0) is 46.4 Å². The van der Waals surface area contributed by atoms with Gasteiger partial charge in [0.05, 0.1) is 0 Å². The summed E-state index contributed by atoms with van der Waals surface area (Å²) in [6, 6.07) is 9.79. The Balaban J connectivity index is 1.56. The van der Waals surface area contributed by atoms with Crippen LogP contribution in [0.15, 0.2) is 60.8 Å². The molecule has 0 saturated carbocycles.